The van der Waals surface area contributed by atoms with Gasteiger partial charge in [-0.2, -0.15) is 18.2 Å². The van der Waals surface area contributed by atoms with E-state index in [0.29, 0.717) is 42.4 Å². The van der Waals surface area contributed by atoms with Gasteiger partial charge in [-0.1, -0.05) is 0 Å². The van der Waals surface area contributed by atoms with Crippen LogP contribution in [0.3, 0.4) is 0 Å². The second-order valence-electron chi connectivity index (χ2n) is 6.86. The number of aromatic nitrogens is 2. The average molecular weight is 455 g/mol. The molecule has 12 heteroatoms. The molecule has 0 aliphatic carbocycles. The molecule has 2 heterocycles. The number of halogens is 3. The minimum Gasteiger partial charge on any atom is -0.496 e. The summed E-state index contributed by atoms with van der Waals surface area (Å²) >= 11 is 0. The maximum absolute atomic E-state index is 13.2. The Kier molecular flexibility index (Phi) is 7.23. The lowest BCUT2D eigenvalue weighted by Crippen LogP contribution is -2.37. The Bertz CT molecular complexity index is 958. The van der Waals surface area contributed by atoms with Crippen molar-refractivity contribution in [3.63, 3.8) is 0 Å². The first-order chi connectivity index (χ1) is 15.3. The van der Waals surface area contributed by atoms with Crippen LogP contribution in [0, 0.1) is 0 Å². The van der Waals surface area contributed by atoms with E-state index in [1.54, 1.807) is 24.0 Å². The molecule has 0 spiro atoms. The number of carbonyl (C=O) groups excluding carboxylic acids is 1. The number of hydrogen-bond donors (Lipinski definition) is 2. The summed E-state index contributed by atoms with van der Waals surface area (Å²) in [5.41, 5.74) is 0.0976. The zero-order chi connectivity index (χ0) is 23.3. The number of amides is 1. The molecule has 0 bridgehead atoms. The molecular formula is C20H24F3N5O4. The zero-order valence-corrected chi connectivity index (χ0v) is 17.8. The molecular weight excluding hydrogens is 431 g/mol. The van der Waals surface area contributed by atoms with Crippen LogP contribution in [0.25, 0.3) is 0 Å². The highest BCUT2D eigenvalue weighted by atomic mass is 19.4. The highest BCUT2D eigenvalue weighted by Crippen LogP contribution is 2.40. The lowest BCUT2D eigenvalue weighted by atomic mass is 10.0. The summed E-state index contributed by atoms with van der Waals surface area (Å²) in [5.74, 6) is 0.443. The minimum absolute atomic E-state index is 0.0527. The van der Waals surface area contributed by atoms with Gasteiger partial charge in [-0.05, 0) is 13.0 Å². The summed E-state index contributed by atoms with van der Waals surface area (Å²) in [6, 6.07) is 3.31. The Morgan fingerprint density at radius 1 is 1.28 bits per heavy atom. The van der Waals surface area contributed by atoms with E-state index in [1.165, 1.54) is 14.2 Å². The van der Waals surface area contributed by atoms with Gasteiger partial charge in [0.15, 0.2) is 0 Å². The number of ether oxygens (including phenoxy) is 3. The van der Waals surface area contributed by atoms with Crippen molar-refractivity contribution in [2.45, 2.75) is 19.2 Å². The first kappa shape index (κ1) is 23.4. The monoisotopic (exact) mass is 455 g/mol. The first-order valence-electron chi connectivity index (χ1n) is 9.82. The van der Waals surface area contributed by atoms with Gasteiger partial charge in [0.05, 0.1) is 33.1 Å². The van der Waals surface area contributed by atoms with Crippen LogP contribution in [-0.2, 0) is 15.7 Å². The zero-order valence-electron chi connectivity index (χ0n) is 17.8. The summed E-state index contributed by atoms with van der Waals surface area (Å²) in [4.78, 5) is 20.5. The van der Waals surface area contributed by atoms with Gasteiger partial charge in [0.2, 0.25) is 12.4 Å². The smallest absolute Gasteiger partial charge is 0.421 e. The molecule has 1 aromatic heterocycles. The lowest BCUT2D eigenvalue weighted by Gasteiger charge is -2.31. The topological polar surface area (TPSA) is 97.8 Å². The lowest BCUT2D eigenvalue weighted by molar-refractivity contribution is -0.137. The van der Waals surface area contributed by atoms with Crippen molar-refractivity contribution in [1.29, 1.82) is 0 Å². The Hall–Kier alpha value is -3.28. The molecule has 0 saturated carbocycles. The average Bonchev–Trinajstić information content (AvgIpc) is 2.78. The molecule has 1 atom stereocenters. The van der Waals surface area contributed by atoms with Gasteiger partial charge in [0.25, 0.3) is 0 Å². The maximum Gasteiger partial charge on any atom is 0.421 e. The van der Waals surface area contributed by atoms with Gasteiger partial charge in [0, 0.05) is 30.9 Å². The second-order valence-corrected chi connectivity index (χ2v) is 6.86. The Balaban J connectivity index is 1.95. The van der Waals surface area contributed by atoms with Crippen molar-refractivity contribution in [1.82, 2.24) is 14.9 Å². The molecule has 9 nitrogen and oxygen atoms in total. The predicted octanol–water partition coefficient (Wildman–Crippen LogP) is 3.22. The summed E-state index contributed by atoms with van der Waals surface area (Å²) in [6.07, 6.45) is -3.53. The second kappa shape index (κ2) is 9.90. The van der Waals surface area contributed by atoms with E-state index in [0.717, 1.165) is 12.6 Å². The van der Waals surface area contributed by atoms with Crippen molar-refractivity contribution in [2.24, 2.45) is 0 Å². The van der Waals surface area contributed by atoms with E-state index in [9.17, 15) is 18.0 Å². The summed E-state index contributed by atoms with van der Waals surface area (Å²) in [7, 11) is 2.93. The number of nitrogens with one attached hydrogen (secondary N) is 2. The first-order valence-corrected chi connectivity index (χ1v) is 9.82. The van der Waals surface area contributed by atoms with Crippen molar-refractivity contribution in [2.75, 3.05) is 51.1 Å². The predicted molar refractivity (Wildman–Crippen MR) is 110 cm³/mol. The number of morpholine rings is 1. The van der Waals surface area contributed by atoms with Crippen LogP contribution in [0.1, 0.15) is 24.2 Å². The molecule has 0 radical (unpaired) electrons. The van der Waals surface area contributed by atoms with Crippen LogP contribution < -0.4 is 20.1 Å². The molecule has 1 aliphatic heterocycles. The van der Waals surface area contributed by atoms with Gasteiger partial charge in [-0.25, -0.2) is 4.98 Å². The third kappa shape index (κ3) is 5.13. The van der Waals surface area contributed by atoms with Gasteiger partial charge >= 0.3 is 6.18 Å². The SMILES string of the molecule is CCNc1nc(Nc2cc(OC)c(C3CN(C=O)CCO3)cc2OC)ncc1C(F)(F)F. The molecule has 2 N–H and O–H groups in total. The molecule has 1 aliphatic rings. The fraction of sp³-hybridized carbons (Fsp3) is 0.450. The number of alkyl halides is 3. The van der Waals surface area contributed by atoms with E-state index in [1.807, 2.05) is 0 Å². The Morgan fingerprint density at radius 2 is 2.03 bits per heavy atom. The molecule has 174 valence electrons. The minimum atomic E-state index is -4.59. The number of methoxy groups -OCH3 is 2. The molecule has 32 heavy (non-hydrogen) atoms. The van der Waals surface area contributed by atoms with Crippen molar-refractivity contribution in [3.05, 3.63) is 29.5 Å². The molecule has 1 aromatic carbocycles. The maximum atomic E-state index is 13.2. The van der Waals surface area contributed by atoms with E-state index in [-0.39, 0.29) is 18.3 Å². The van der Waals surface area contributed by atoms with Crippen molar-refractivity contribution < 1.29 is 32.2 Å². The Labute approximate surface area is 182 Å². The van der Waals surface area contributed by atoms with Crippen LogP contribution in [0.4, 0.5) is 30.6 Å². The van der Waals surface area contributed by atoms with E-state index >= 15 is 0 Å². The number of rotatable bonds is 8. The van der Waals surface area contributed by atoms with Crippen LogP contribution in [-0.4, -0.2) is 61.7 Å². The molecule has 2 aromatic rings. The molecule has 3 rings (SSSR count). The highest BCUT2D eigenvalue weighted by Gasteiger charge is 2.35. The van der Waals surface area contributed by atoms with E-state index in [2.05, 4.69) is 20.6 Å². The fourth-order valence-electron chi connectivity index (χ4n) is 3.30. The van der Waals surface area contributed by atoms with E-state index in [4.69, 9.17) is 14.2 Å². The van der Waals surface area contributed by atoms with Crippen LogP contribution in [0.2, 0.25) is 0 Å². The number of hydrogen-bond acceptors (Lipinski definition) is 8. The van der Waals surface area contributed by atoms with Crippen LogP contribution >= 0.6 is 0 Å². The number of benzene rings is 1. The van der Waals surface area contributed by atoms with Gasteiger partial charge in [-0.15, -0.1) is 0 Å². The standard InChI is InChI=1S/C20H24F3N5O4/c1-4-24-18-13(20(21,22)23)9-25-19(27-18)26-14-8-15(30-2)12(7-16(14)31-3)17-10-28(11-29)5-6-32-17/h7-9,11,17H,4-6,10H2,1-3H3,(H2,24,25,26,27). The van der Waals surface area contributed by atoms with Gasteiger partial charge in [-0.3, -0.25) is 4.79 Å². The summed E-state index contributed by atoms with van der Waals surface area (Å²) in [6.45, 7) is 3.15. The Morgan fingerprint density at radius 3 is 2.66 bits per heavy atom. The van der Waals surface area contributed by atoms with Crippen LogP contribution in [0.15, 0.2) is 18.3 Å². The van der Waals surface area contributed by atoms with Crippen LogP contribution in [0.5, 0.6) is 11.5 Å². The van der Waals surface area contributed by atoms with Gasteiger partial charge in [0.1, 0.15) is 29.0 Å². The number of carbonyl (C=O) groups is 1. The third-order valence-electron chi connectivity index (χ3n) is 4.83. The quantitative estimate of drug-likeness (QED) is 0.586. The fourth-order valence-corrected chi connectivity index (χ4v) is 3.30. The van der Waals surface area contributed by atoms with Crippen molar-refractivity contribution >= 4 is 23.9 Å². The summed E-state index contributed by atoms with van der Waals surface area (Å²) < 4.78 is 56.3. The largest absolute Gasteiger partial charge is 0.496 e. The third-order valence-corrected chi connectivity index (χ3v) is 4.83. The molecule has 1 amide bonds. The highest BCUT2D eigenvalue weighted by molar-refractivity contribution is 5.68. The van der Waals surface area contributed by atoms with E-state index < -0.39 is 17.8 Å². The number of nitrogens with zero attached hydrogens (tertiary/aromatic N) is 3. The van der Waals surface area contributed by atoms with Gasteiger partial charge < -0.3 is 29.7 Å². The number of anilines is 3. The summed E-state index contributed by atoms with van der Waals surface area (Å²) in [5, 5.41) is 5.49. The van der Waals surface area contributed by atoms with Crippen molar-refractivity contribution in [3.8, 4) is 11.5 Å². The molecule has 1 saturated heterocycles. The molecule has 1 fully saturated rings. The normalized spacial score (nSPS) is 16.4. The molecule has 1 unspecified atom stereocenters.